The maximum atomic E-state index is 14.0. The third kappa shape index (κ3) is 3.41. The zero-order valence-electron chi connectivity index (χ0n) is 13.0. The first-order valence-corrected chi connectivity index (χ1v) is 7.78. The molecule has 0 spiro atoms. The lowest BCUT2D eigenvalue weighted by Gasteiger charge is -2.29. The van der Waals surface area contributed by atoms with E-state index in [4.69, 9.17) is 0 Å². The highest BCUT2D eigenvalue weighted by atomic mass is 19.1. The van der Waals surface area contributed by atoms with Crippen molar-refractivity contribution in [2.75, 3.05) is 0 Å². The Morgan fingerprint density at radius 3 is 2.74 bits per heavy atom. The van der Waals surface area contributed by atoms with Gasteiger partial charge in [-0.3, -0.25) is 9.48 Å². The Bertz CT molecular complexity index is 708. The molecule has 23 heavy (non-hydrogen) atoms. The van der Waals surface area contributed by atoms with E-state index in [9.17, 15) is 13.6 Å². The minimum atomic E-state index is -0.499. The predicted octanol–water partition coefficient (Wildman–Crippen LogP) is 3.28. The lowest BCUT2D eigenvalue weighted by atomic mass is 10.1. The Kier molecular flexibility index (Phi) is 4.41. The minimum absolute atomic E-state index is 0.0605. The standard InChI is InChI=1S/C17H19F2N3O/c1-21-10-13(9-20-21)17(23)22(15-4-2-3-5-15)11-12-8-14(18)6-7-16(12)19/h6-10,15H,2-5,11H2,1H3. The summed E-state index contributed by atoms with van der Waals surface area (Å²) in [5.41, 5.74) is 0.672. The molecule has 0 unspecified atom stereocenters. The van der Waals surface area contributed by atoms with Gasteiger partial charge in [-0.25, -0.2) is 8.78 Å². The molecule has 0 aliphatic heterocycles. The van der Waals surface area contributed by atoms with E-state index in [1.165, 1.54) is 6.20 Å². The molecule has 0 N–H and O–H groups in total. The molecule has 0 saturated heterocycles. The first-order valence-electron chi connectivity index (χ1n) is 7.78. The van der Waals surface area contributed by atoms with E-state index in [1.807, 2.05) is 0 Å². The molecular weight excluding hydrogens is 300 g/mol. The largest absolute Gasteiger partial charge is 0.331 e. The zero-order valence-corrected chi connectivity index (χ0v) is 13.0. The van der Waals surface area contributed by atoms with Crippen molar-refractivity contribution < 1.29 is 13.6 Å². The zero-order chi connectivity index (χ0) is 16.4. The van der Waals surface area contributed by atoms with Crippen LogP contribution in [0.4, 0.5) is 8.78 Å². The summed E-state index contributed by atoms with van der Waals surface area (Å²) in [6.45, 7) is 0.0714. The molecule has 0 atom stereocenters. The summed E-state index contributed by atoms with van der Waals surface area (Å²) in [5.74, 6) is -1.18. The number of benzene rings is 1. The molecule has 3 rings (SSSR count). The van der Waals surface area contributed by atoms with Gasteiger partial charge in [0.15, 0.2) is 0 Å². The highest BCUT2D eigenvalue weighted by Gasteiger charge is 2.29. The number of aryl methyl sites for hydroxylation is 1. The van der Waals surface area contributed by atoms with Crippen LogP contribution in [0.15, 0.2) is 30.6 Å². The Labute approximate surface area is 133 Å². The Balaban J connectivity index is 1.89. The third-order valence-electron chi connectivity index (χ3n) is 4.33. The maximum absolute atomic E-state index is 14.0. The molecule has 0 radical (unpaired) electrons. The fourth-order valence-electron chi connectivity index (χ4n) is 3.13. The molecule has 1 aliphatic carbocycles. The number of carbonyl (C=O) groups is 1. The van der Waals surface area contributed by atoms with E-state index >= 15 is 0 Å². The van der Waals surface area contributed by atoms with Gasteiger partial charge >= 0.3 is 0 Å². The van der Waals surface area contributed by atoms with Crippen LogP contribution >= 0.6 is 0 Å². The normalized spacial score (nSPS) is 15.1. The number of rotatable bonds is 4. The van der Waals surface area contributed by atoms with Crippen molar-refractivity contribution in [2.45, 2.75) is 38.3 Å². The van der Waals surface area contributed by atoms with Crippen molar-refractivity contribution in [2.24, 2.45) is 7.05 Å². The number of halogens is 2. The van der Waals surface area contributed by atoms with E-state index in [0.29, 0.717) is 5.56 Å². The molecule has 1 aromatic carbocycles. The van der Waals surface area contributed by atoms with Crippen molar-refractivity contribution in [1.82, 2.24) is 14.7 Å². The molecule has 1 fully saturated rings. The molecule has 6 heteroatoms. The minimum Gasteiger partial charge on any atom is -0.331 e. The molecule has 1 amide bonds. The van der Waals surface area contributed by atoms with Crippen molar-refractivity contribution in [3.8, 4) is 0 Å². The van der Waals surface area contributed by atoms with Gasteiger partial charge in [-0.1, -0.05) is 12.8 Å². The Hall–Kier alpha value is -2.24. The number of hydrogen-bond donors (Lipinski definition) is 0. The molecule has 2 aromatic rings. The van der Waals surface area contributed by atoms with Crippen molar-refractivity contribution in [3.05, 3.63) is 53.4 Å². The average Bonchev–Trinajstić information content (AvgIpc) is 3.19. The topological polar surface area (TPSA) is 38.1 Å². The van der Waals surface area contributed by atoms with Crippen LogP contribution in [0.2, 0.25) is 0 Å². The van der Waals surface area contributed by atoms with Crippen LogP contribution in [0.25, 0.3) is 0 Å². The lowest BCUT2D eigenvalue weighted by molar-refractivity contribution is 0.0662. The molecule has 4 nitrogen and oxygen atoms in total. The Morgan fingerprint density at radius 2 is 2.09 bits per heavy atom. The number of nitrogens with zero attached hydrogens (tertiary/aromatic N) is 3. The first kappa shape index (κ1) is 15.6. The second-order valence-corrected chi connectivity index (χ2v) is 6.01. The van der Waals surface area contributed by atoms with Crippen LogP contribution in [0.5, 0.6) is 0 Å². The van der Waals surface area contributed by atoms with Crippen LogP contribution in [-0.2, 0) is 13.6 Å². The second-order valence-electron chi connectivity index (χ2n) is 6.01. The molecule has 1 heterocycles. The van der Waals surface area contributed by atoms with Crippen LogP contribution in [0.3, 0.4) is 0 Å². The number of amides is 1. The fraction of sp³-hybridized carbons (Fsp3) is 0.412. The summed E-state index contributed by atoms with van der Waals surface area (Å²) < 4.78 is 28.9. The van der Waals surface area contributed by atoms with Crippen LogP contribution in [-0.4, -0.2) is 26.6 Å². The number of carbonyl (C=O) groups excluding carboxylic acids is 1. The fourth-order valence-corrected chi connectivity index (χ4v) is 3.13. The first-order chi connectivity index (χ1) is 11.0. The van der Waals surface area contributed by atoms with Gasteiger partial charge in [-0.05, 0) is 31.0 Å². The highest BCUT2D eigenvalue weighted by molar-refractivity contribution is 5.94. The van der Waals surface area contributed by atoms with Crippen LogP contribution in [0, 0.1) is 11.6 Å². The summed E-state index contributed by atoms with van der Waals surface area (Å²) in [6, 6.07) is 3.41. The quantitative estimate of drug-likeness (QED) is 0.867. The van der Waals surface area contributed by atoms with Gasteiger partial charge < -0.3 is 4.90 Å². The average molecular weight is 319 g/mol. The second kappa shape index (κ2) is 6.48. The Morgan fingerprint density at radius 1 is 1.35 bits per heavy atom. The van der Waals surface area contributed by atoms with Gasteiger partial charge in [0.25, 0.3) is 5.91 Å². The molecule has 1 saturated carbocycles. The highest BCUT2D eigenvalue weighted by Crippen LogP contribution is 2.27. The predicted molar refractivity (Wildman–Crippen MR) is 81.7 cm³/mol. The van der Waals surface area contributed by atoms with Gasteiger partial charge in [-0.15, -0.1) is 0 Å². The van der Waals surface area contributed by atoms with Gasteiger partial charge in [0.2, 0.25) is 0 Å². The van der Waals surface area contributed by atoms with Gasteiger partial charge in [0.05, 0.1) is 11.8 Å². The lowest BCUT2D eigenvalue weighted by Crippen LogP contribution is -2.38. The van der Waals surface area contributed by atoms with E-state index in [1.54, 1.807) is 22.8 Å². The van der Waals surface area contributed by atoms with Gasteiger partial charge in [0, 0.05) is 31.4 Å². The molecule has 1 aliphatic rings. The van der Waals surface area contributed by atoms with Crippen molar-refractivity contribution in [3.63, 3.8) is 0 Å². The van der Waals surface area contributed by atoms with Gasteiger partial charge in [0.1, 0.15) is 11.6 Å². The molecule has 1 aromatic heterocycles. The number of aromatic nitrogens is 2. The van der Waals surface area contributed by atoms with Crippen LogP contribution in [0.1, 0.15) is 41.6 Å². The molecule has 0 bridgehead atoms. The van der Waals surface area contributed by atoms with E-state index in [-0.39, 0.29) is 24.1 Å². The maximum Gasteiger partial charge on any atom is 0.257 e. The molecular formula is C17H19F2N3O. The van der Waals surface area contributed by atoms with Crippen molar-refractivity contribution >= 4 is 5.91 Å². The monoisotopic (exact) mass is 319 g/mol. The summed E-state index contributed by atoms with van der Waals surface area (Å²) in [4.78, 5) is 14.5. The summed E-state index contributed by atoms with van der Waals surface area (Å²) in [7, 11) is 1.74. The van der Waals surface area contributed by atoms with Crippen LogP contribution < -0.4 is 0 Å². The van der Waals surface area contributed by atoms with E-state index in [2.05, 4.69) is 5.10 Å². The van der Waals surface area contributed by atoms with Gasteiger partial charge in [-0.2, -0.15) is 5.10 Å². The third-order valence-corrected chi connectivity index (χ3v) is 4.33. The molecule has 122 valence electrons. The van der Waals surface area contributed by atoms with E-state index < -0.39 is 11.6 Å². The van der Waals surface area contributed by atoms with E-state index in [0.717, 1.165) is 43.9 Å². The SMILES string of the molecule is Cn1cc(C(=O)N(Cc2cc(F)ccc2F)C2CCCC2)cn1. The summed E-state index contributed by atoms with van der Waals surface area (Å²) in [5, 5.41) is 4.02. The summed E-state index contributed by atoms with van der Waals surface area (Å²) in [6.07, 6.45) is 7.03. The summed E-state index contributed by atoms with van der Waals surface area (Å²) >= 11 is 0. The van der Waals surface area contributed by atoms with Crippen molar-refractivity contribution in [1.29, 1.82) is 0 Å². The smallest absolute Gasteiger partial charge is 0.257 e. The number of hydrogen-bond acceptors (Lipinski definition) is 2.